The fourth-order valence-corrected chi connectivity index (χ4v) is 5.01. The van der Waals surface area contributed by atoms with Gasteiger partial charge in [-0.2, -0.15) is 4.98 Å². The molecule has 31 heavy (non-hydrogen) atoms. The minimum absolute atomic E-state index is 0.152. The van der Waals surface area contributed by atoms with Gasteiger partial charge in [0, 0.05) is 37.6 Å². The van der Waals surface area contributed by atoms with Crippen molar-refractivity contribution in [2.45, 2.75) is 31.7 Å². The van der Waals surface area contributed by atoms with Gasteiger partial charge >= 0.3 is 0 Å². The molecule has 0 aliphatic carbocycles. The number of benzene rings is 1. The van der Waals surface area contributed by atoms with E-state index in [1.807, 2.05) is 47.4 Å². The Bertz CT molecular complexity index is 1030. The number of hydrogen-bond acceptors (Lipinski definition) is 6. The summed E-state index contributed by atoms with van der Waals surface area (Å²) in [5, 5.41) is 4.29. The molecule has 3 aromatic rings. The highest BCUT2D eigenvalue weighted by Gasteiger charge is 2.46. The van der Waals surface area contributed by atoms with Crippen LogP contribution in [-0.4, -0.2) is 57.5 Å². The van der Waals surface area contributed by atoms with E-state index >= 15 is 0 Å². The molecule has 0 radical (unpaired) electrons. The van der Waals surface area contributed by atoms with Gasteiger partial charge in [-0.15, -0.1) is 0 Å². The molecule has 2 aliphatic rings. The molecule has 7 heteroatoms. The SMILES string of the molecule is CN1CC2(CCN(C(=O)Cc3cccnc3)CC2)CC1c1noc(-c2ccccc2)n1. The van der Waals surface area contributed by atoms with Crippen molar-refractivity contribution in [3.8, 4) is 11.5 Å². The van der Waals surface area contributed by atoms with Gasteiger partial charge in [0.05, 0.1) is 12.5 Å². The lowest BCUT2D eigenvalue weighted by molar-refractivity contribution is -0.132. The predicted octanol–water partition coefficient (Wildman–Crippen LogP) is 3.36. The Morgan fingerprint density at radius 2 is 1.97 bits per heavy atom. The molecule has 2 aliphatic heterocycles. The maximum absolute atomic E-state index is 12.7. The van der Waals surface area contributed by atoms with E-state index in [-0.39, 0.29) is 17.4 Å². The minimum atomic E-state index is 0.152. The number of rotatable bonds is 4. The van der Waals surface area contributed by atoms with E-state index in [2.05, 4.69) is 22.1 Å². The van der Waals surface area contributed by atoms with Gasteiger partial charge in [0.1, 0.15) is 0 Å². The van der Waals surface area contributed by atoms with Crippen molar-refractivity contribution in [2.24, 2.45) is 5.41 Å². The maximum atomic E-state index is 12.7. The van der Waals surface area contributed by atoms with Crippen LogP contribution < -0.4 is 0 Å². The summed E-state index contributed by atoms with van der Waals surface area (Å²) in [4.78, 5) is 25.9. The minimum Gasteiger partial charge on any atom is -0.342 e. The number of nitrogens with zero attached hydrogens (tertiary/aromatic N) is 5. The van der Waals surface area contributed by atoms with Gasteiger partial charge in [-0.3, -0.25) is 14.7 Å². The first-order chi connectivity index (χ1) is 15.1. The molecule has 0 bridgehead atoms. The summed E-state index contributed by atoms with van der Waals surface area (Å²) in [6.45, 7) is 2.61. The Kier molecular flexibility index (Phi) is 5.28. The number of amides is 1. The van der Waals surface area contributed by atoms with Crippen LogP contribution in [0.1, 0.15) is 36.7 Å². The summed E-state index contributed by atoms with van der Waals surface area (Å²) in [5.74, 6) is 1.52. The summed E-state index contributed by atoms with van der Waals surface area (Å²) in [6, 6.07) is 13.9. The normalized spacial score (nSPS) is 20.9. The highest BCUT2D eigenvalue weighted by atomic mass is 16.5. The van der Waals surface area contributed by atoms with Crippen molar-refractivity contribution in [3.05, 3.63) is 66.2 Å². The fourth-order valence-electron chi connectivity index (χ4n) is 5.01. The van der Waals surface area contributed by atoms with E-state index in [4.69, 9.17) is 9.51 Å². The maximum Gasteiger partial charge on any atom is 0.257 e. The van der Waals surface area contributed by atoms with Gasteiger partial charge in [-0.1, -0.05) is 29.4 Å². The molecule has 5 rings (SSSR count). The lowest BCUT2D eigenvalue weighted by atomic mass is 9.76. The van der Waals surface area contributed by atoms with Crippen molar-refractivity contribution in [1.29, 1.82) is 0 Å². The van der Waals surface area contributed by atoms with Crippen LogP contribution in [0.25, 0.3) is 11.5 Å². The number of aromatic nitrogens is 3. The molecule has 0 N–H and O–H groups in total. The molecule has 160 valence electrons. The molecule has 2 fully saturated rings. The van der Waals surface area contributed by atoms with Crippen LogP contribution in [0.2, 0.25) is 0 Å². The first-order valence-corrected chi connectivity index (χ1v) is 10.9. The van der Waals surface area contributed by atoms with Gasteiger partial charge in [-0.05, 0) is 55.5 Å². The molecule has 1 spiro atoms. The summed E-state index contributed by atoms with van der Waals surface area (Å²) in [6.07, 6.45) is 6.95. The average Bonchev–Trinajstić information content (AvgIpc) is 3.40. The molecule has 1 aromatic carbocycles. The zero-order valence-electron chi connectivity index (χ0n) is 17.8. The number of carbonyl (C=O) groups is 1. The lowest BCUT2D eigenvalue weighted by Crippen LogP contribution is -2.44. The summed E-state index contributed by atoms with van der Waals surface area (Å²) < 4.78 is 5.55. The first kappa shape index (κ1) is 19.9. The van der Waals surface area contributed by atoms with Crippen LogP contribution >= 0.6 is 0 Å². The molecular formula is C24H27N5O2. The van der Waals surface area contributed by atoms with Crippen LogP contribution in [0, 0.1) is 5.41 Å². The third kappa shape index (κ3) is 4.10. The standard InChI is InChI=1S/C24H27N5O2/c1-28-17-24(9-12-29(13-10-24)21(30)14-18-6-5-11-25-16-18)15-20(28)22-26-23(31-27-22)19-7-3-2-4-8-19/h2-8,11,16,20H,9-10,12-15,17H2,1H3. The molecule has 4 heterocycles. The van der Waals surface area contributed by atoms with Gasteiger partial charge in [-0.25, -0.2) is 0 Å². The van der Waals surface area contributed by atoms with Crippen LogP contribution in [0.5, 0.6) is 0 Å². The Hall–Kier alpha value is -3.06. The van der Waals surface area contributed by atoms with Crippen LogP contribution in [0.4, 0.5) is 0 Å². The van der Waals surface area contributed by atoms with E-state index in [9.17, 15) is 4.79 Å². The second-order valence-electron chi connectivity index (χ2n) is 8.88. The van der Waals surface area contributed by atoms with E-state index in [0.717, 1.165) is 55.8 Å². The summed E-state index contributed by atoms with van der Waals surface area (Å²) in [5.41, 5.74) is 2.12. The van der Waals surface area contributed by atoms with E-state index in [1.54, 1.807) is 12.4 Å². The number of carbonyl (C=O) groups excluding carboxylic acids is 1. The van der Waals surface area contributed by atoms with E-state index in [0.29, 0.717) is 12.3 Å². The van der Waals surface area contributed by atoms with Crippen molar-refractivity contribution in [2.75, 3.05) is 26.7 Å². The third-order valence-corrected chi connectivity index (χ3v) is 6.76. The van der Waals surface area contributed by atoms with Crippen LogP contribution in [-0.2, 0) is 11.2 Å². The van der Waals surface area contributed by atoms with E-state index < -0.39 is 0 Å². The molecule has 2 saturated heterocycles. The smallest absolute Gasteiger partial charge is 0.257 e. The Morgan fingerprint density at radius 1 is 1.16 bits per heavy atom. The molecule has 0 saturated carbocycles. The molecule has 7 nitrogen and oxygen atoms in total. The van der Waals surface area contributed by atoms with Crippen molar-refractivity contribution in [3.63, 3.8) is 0 Å². The number of piperidine rings is 1. The summed E-state index contributed by atoms with van der Waals surface area (Å²) >= 11 is 0. The van der Waals surface area contributed by atoms with E-state index in [1.165, 1.54) is 0 Å². The Labute approximate surface area is 182 Å². The second kappa shape index (κ2) is 8.23. The monoisotopic (exact) mass is 417 g/mol. The second-order valence-corrected chi connectivity index (χ2v) is 8.88. The molecule has 1 atom stereocenters. The Balaban J connectivity index is 1.22. The zero-order chi connectivity index (χ0) is 21.3. The molecule has 1 amide bonds. The van der Waals surface area contributed by atoms with Crippen LogP contribution in [0.15, 0.2) is 59.4 Å². The topological polar surface area (TPSA) is 75.4 Å². The van der Waals surface area contributed by atoms with Gasteiger partial charge in [0.25, 0.3) is 5.89 Å². The molecular weight excluding hydrogens is 390 g/mol. The number of hydrogen-bond donors (Lipinski definition) is 0. The van der Waals surface area contributed by atoms with Gasteiger partial charge in [0.2, 0.25) is 5.91 Å². The average molecular weight is 418 g/mol. The summed E-state index contributed by atoms with van der Waals surface area (Å²) in [7, 11) is 2.14. The quantitative estimate of drug-likeness (QED) is 0.648. The van der Waals surface area contributed by atoms with Crippen LogP contribution in [0.3, 0.4) is 0 Å². The first-order valence-electron chi connectivity index (χ1n) is 10.9. The fraction of sp³-hybridized carbons (Fsp3) is 0.417. The van der Waals surface area contributed by atoms with Crippen molar-refractivity contribution >= 4 is 5.91 Å². The highest BCUT2D eigenvalue weighted by Crippen LogP contribution is 2.47. The number of likely N-dealkylation sites (tertiary alicyclic amines) is 2. The largest absolute Gasteiger partial charge is 0.342 e. The Morgan fingerprint density at radius 3 is 2.71 bits per heavy atom. The predicted molar refractivity (Wildman–Crippen MR) is 116 cm³/mol. The van der Waals surface area contributed by atoms with Gasteiger partial charge in [0.15, 0.2) is 5.82 Å². The third-order valence-electron chi connectivity index (χ3n) is 6.76. The number of pyridine rings is 1. The highest BCUT2D eigenvalue weighted by molar-refractivity contribution is 5.78. The van der Waals surface area contributed by atoms with Gasteiger partial charge < -0.3 is 9.42 Å². The van der Waals surface area contributed by atoms with Crippen molar-refractivity contribution in [1.82, 2.24) is 24.9 Å². The zero-order valence-corrected chi connectivity index (χ0v) is 17.8. The van der Waals surface area contributed by atoms with Crippen molar-refractivity contribution < 1.29 is 9.32 Å². The molecule has 2 aromatic heterocycles. The molecule has 1 unspecified atom stereocenters. The lowest BCUT2D eigenvalue weighted by Gasteiger charge is -2.39.